The van der Waals surface area contributed by atoms with E-state index >= 15 is 0 Å². The smallest absolute Gasteiger partial charge is 0.356 e. The number of carbonyl (C=O) groups excluding carboxylic acids is 1. The summed E-state index contributed by atoms with van der Waals surface area (Å²) in [7, 11) is 1.31. The Labute approximate surface area is 81.5 Å². The van der Waals surface area contributed by atoms with Crippen LogP contribution in [0.15, 0.2) is 12.1 Å². The van der Waals surface area contributed by atoms with Gasteiger partial charge >= 0.3 is 5.97 Å². The van der Waals surface area contributed by atoms with E-state index in [9.17, 15) is 9.90 Å². The number of pyridine rings is 1. The quantitative estimate of drug-likeness (QED) is 0.671. The monoisotopic (exact) mass is 193 g/mol. The number of ether oxygens (including phenoxy) is 1. The Balaban J connectivity index is 2.39. The zero-order valence-electron chi connectivity index (χ0n) is 7.86. The number of carbonyl (C=O) groups is 1. The molecule has 1 heterocycles. The predicted molar refractivity (Wildman–Crippen MR) is 48.9 cm³/mol. The summed E-state index contributed by atoms with van der Waals surface area (Å²) in [5.41, 5.74) is 1.89. The number of nitrogens with zero attached hydrogens (tertiary/aromatic N) is 1. The van der Waals surface area contributed by atoms with Crippen LogP contribution in [0, 0.1) is 0 Å². The van der Waals surface area contributed by atoms with E-state index in [1.807, 2.05) is 6.07 Å². The van der Waals surface area contributed by atoms with Crippen LogP contribution in [0.4, 0.5) is 0 Å². The van der Waals surface area contributed by atoms with E-state index in [4.69, 9.17) is 0 Å². The lowest BCUT2D eigenvalue weighted by atomic mass is 10.2. The zero-order chi connectivity index (χ0) is 10.1. The van der Waals surface area contributed by atoms with Crippen molar-refractivity contribution < 1.29 is 14.6 Å². The van der Waals surface area contributed by atoms with E-state index < -0.39 is 12.1 Å². The minimum atomic E-state index is -0.533. The van der Waals surface area contributed by atoms with Crippen molar-refractivity contribution in [2.45, 2.75) is 18.9 Å². The largest absolute Gasteiger partial charge is 0.464 e. The maximum atomic E-state index is 11.2. The molecule has 0 saturated carbocycles. The molecule has 0 aliphatic heterocycles. The second-order valence-corrected chi connectivity index (χ2v) is 3.29. The molecule has 1 aliphatic carbocycles. The first kappa shape index (κ1) is 9.15. The third kappa shape index (κ3) is 1.37. The summed E-state index contributed by atoms with van der Waals surface area (Å²) in [6, 6.07) is 3.45. The molecule has 74 valence electrons. The van der Waals surface area contributed by atoms with Crippen molar-refractivity contribution in [3.8, 4) is 0 Å². The Morgan fingerprint density at radius 1 is 1.64 bits per heavy atom. The third-order valence-corrected chi connectivity index (χ3v) is 2.41. The number of aliphatic hydroxyl groups is 1. The lowest BCUT2D eigenvalue weighted by Crippen LogP contribution is -2.07. The fraction of sp³-hybridized carbons (Fsp3) is 0.400. The number of esters is 1. The molecule has 1 aromatic heterocycles. The van der Waals surface area contributed by atoms with Crippen molar-refractivity contribution in [1.82, 2.24) is 4.98 Å². The molecule has 4 heteroatoms. The predicted octanol–water partition coefficient (Wildman–Crippen LogP) is 0.848. The summed E-state index contributed by atoms with van der Waals surface area (Å²) in [6.07, 6.45) is 0.979. The highest BCUT2D eigenvalue weighted by Crippen LogP contribution is 2.29. The average molecular weight is 193 g/mol. The van der Waals surface area contributed by atoms with Gasteiger partial charge in [0.05, 0.1) is 18.9 Å². The van der Waals surface area contributed by atoms with Gasteiger partial charge in [-0.1, -0.05) is 6.07 Å². The van der Waals surface area contributed by atoms with Gasteiger partial charge in [0.15, 0.2) is 0 Å². The summed E-state index contributed by atoms with van der Waals surface area (Å²) in [6.45, 7) is 0. The van der Waals surface area contributed by atoms with Crippen LogP contribution in [0.25, 0.3) is 0 Å². The number of methoxy groups -OCH3 is 1. The SMILES string of the molecule is COC(=O)c1ccc2c(n1)C(O)CC2. The fourth-order valence-electron chi connectivity index (χ4n) is 1.65. The van der Waals surface area contributed by atoms with Crippen LogP contribution in [-0.4, -0.2) is 23.2 Å². The Morgan fingerprint density at radius 2 is 2.43 bits per heavy atom. The van der Waals surface area contributed by atoms with Gasteiger partial charge in [-0.3, -0.25) is 0 Å². The molecule has 2 rings (SSSR count). The summed E-state index contributed by atoms with van der Waals surface area (Å²) in [4.78, 5) is 15.2. The first-order valence-electron chi connectivity index (χ1n) is 4.48. The normalized spacial score (nSPS) is 19.1. The minimum Gasteiger partial charge on any atom is -0.464 e. The molecule has 1 aromatic rings. The molecule has 1 N–H and O–H groups in total. The van der Waals surface area contributed by atoms with Crippen LogP contribution in [0.2, 0.25) is 0 Å². The summed E-state index contributed by atoms with van der Waals surface area (Å²) in [5, 5.41) is 9.55. The number of hydrogen-bond donors (Lipinski definition) is 1. The topological polar surface area (TPSA) is 59.4 Å². The van der Waals surface area contributed by atoms with E-state index in [2.05, 4.69) is 9.72 Å². The molecular weight excluding hydrogens is 182 g/mol. The molecule has 0 radical (unpaired) electrons. The number of aliphatic hydroxyl groups excluding tert-OH is 1. The van der Waals surface area contributed by atoms with Crippen LogP contribution in [-0.2, 0) is 11.2 Å². The van der Waals surface area contributed by atoms with Gasteiger partial charge < -0.3 is 9.84 Å². The molecule has 0 fully saturated rings. The van der Waals surface area contributed by atoms with Crippen molar-refractivity contribution in [3.63, 3.8) is 0 Å². The molecule has 1 aliphatic rings. The van der Waals surface area contributed by atoms with Gasteiger partial charge in [-0.2, -0.15) is 0 Å². The summed E-state index contributed by atoms with van der Waals surface area (Å²) in [5.74, 6) is -0.466. The third-order valence-electron chi connectivity index (χ3n) is 2.41. The average Bonchev–Trinajstić information content (AvgIpc) is 2.59. The Hall–Kier alpha value is -1.42. The second-order valence-electron chi connectivity index (χ2n) is 3.29. The first-order valence-corrected chi connectivity index (χ1v) is 4.48. The van der Waals surface area contributed by atoms with Crippen molar-refractivity contribution in [3.05, 3.63) is 29.1 Å². The minimum absolute atomic E-state index is 0.257. The number of hydrogen-bond acceptors (Lipinski definition) is 4. The summed E-state index contributed by atoms with van der Waals surface area (Å²) >= 11 is 0. The fourth-order valence-corrected chi connectivity index (χ4v) is 1.65. The Bertz CT molecular complexity index is 376. The van der Waals surface area contributed by atoms with Gasteiger partial charge in [-0.05, 0) is 24.5 Å². The molecule has 4 nitrogen and oxygen atoms in total. The maximum Gasteiger partial charge on any atom is 0.356 e. The van der Waals surface area contributed by atoms with Crippen molar-refractivity contribution >= 4 is 5.97 Å². The Morgan fingerprint density at radius 3 is 3.14 bits per heavy atom. The molecule has 0 saturated heterocycles. The van der Waals surface area contributed by atoms with E-state index in [0.717, 1.165) is 12.0 Å². The molecular formula is C10H11NO3. The highest BCUT2D eigenvalue weighted by molar-refractivity contribution is 5.87. The van der Waals surface area contributed by atoms with E-state index in [-0.39, 0.29) is 5.69 Å². The van der Waals surface area contributed by atoms with Crippen LogP contribution in [0.3, 0.4) is 0 Å². The second kappa shape index (κ2) is 3.38. The van der Waals surface area contributed by atoms with E-state index in [0.29, 0.717) is 12.1 Å². The zero-order valence-corrected chi connectivity index (χ0v) is 7.86. The van der Waals surface area contributed by atoms with Gasteiger partial charge in [-0.25, -0.2) is 9.78 Å². The molecule has 0 bridgehead atoms. The lowest BCUT2D eigenvalue weighted by molar-refractivity contribution is 0.0593. The molecule has 0 spiro atoms. The first-order chi connectivity index (χ1) is 6.72. The molecule has 0 amide bonds. The van der Waals surface area contributed by atoms with Crippen molar-refractivity contribution in [2.75, 3.05) is 7.11 Å². The standard InChI is InChI=1S/C10H11NO3/c1-14-10(13)7-4-2-6-3-5-8(12)9(6)11-7/h2,4,8,12H,3,5H2,1H3. The van der Waals surface area contributed by atoms with Crippen LogP contribution >= 0.6 is 0 Å². The van der Waals surface area contributed by atoms with E-state index in [1.54, 1.807) is 6.07 Å². The van der Waals surface area contributed by atoms with E-state index in [1.165, 1.54) is 7.11 Å². The highest BCUT2D eigenvalue weighted by atomic mass is 16.5. The van der Waals surface area contributed by atoms with Gasteiger partial charge in [0.2, 0.25) is 0 Å². The van der Waals surface area contributed by atoms with Crippen LogP contribution in [0.5, 0.6) is 0 Å². The summed E-state index contributed by atoms with van der Waals surface area (Å²) < 4.78 is 4.55. The van der Waals surface area contributed by atoms with Gasteiger partial charge in [0.1, 0.15) is 5.69 Å². The van der Waals surface area contributed by atoms with Crippen molar-refractivity contribution in [2.24, 2.45) is 0 Å². The van der Waals surface area contributed by atoms with Crippen LogP contribution < -0.4 is 0 Å². The highest BCUT2D eigenvalue weighted by Gasteiger charge is 2.23. The van der Waals surface area contributed by atoms with Gasteiger partial charge in [-0.15, -0.1) is 0 Å². The van der Waals surface area contributed by atoms with Crippen molar-refractivity contribution in [1.29, 1.82) is 0 Å². The number of rotatable bonds is 1. The Kier molecular flexibility index (Phi) is 2.21. The van der Waals surface area contributed by atoms with Crippen LogP contribution in [0.1, 0.15) is 34.3 Å². The van der Waals surface area contributed by atoms with Gasteiger partial charge in [0, 0.05) is 0 Å². The molecule has 0 aromatic carbocycles. The molecule has 1 atom stereocenters. The van der Waals surface area contributed by atoms with Gasteiger partial charge in [0.25, 0.3) is 0 Å². The number of aryl methyl sites for hydroxylation is 1. The lowest BCUT2D eigenvalue weighted by Gasteiger charge is -2.04. The molecule has 14 heavy (non-hydrogen) atoms. The maximum absolute atomic E-state index is 11.2. The number of aromatic nitrogens is 1. The molecule has 1 unspecified atom stereocenters. The number of fused-ring (bicyclic) bond motifs is 1.